The largest absolute Gasteiger partial charge is 0.383 e. The van der Waals surface area contributed by atoms with Crippen molar-refractivity contribution in [2.45, 2.75) is 24.3 Å². The Bertz CT molecular complexity index is 615. The normalized spacial score (nSPS) is 12.4. The second-order valence-electron chi connectivity index (χ2n) is 4.79. The molecule has 0 amide bonds. The number of nitro benzene ring substituents is 1. The highest BCUT2D eigenvalue weighted by atomic mass is 79.9. The van der Waals surface area contributed by atoms with Crippen molar-refractivity contribution in [1.82, 2.24) is 4.72 Å². The number of benzene rings is 1. The first-order valence-corrected chi connectivity index (χ1v) is 7.83. The highest BCUT2D eigenvalue weighted by Gasteiger charge is 2.31. The van der Waals surface area contributed by atoms with Gasteiger partial charge in [0, 0.05) is 17.6 Å². The lowest BCUT2D eigenvalue weighted by Crippen LogP contribution is -2.46. The number of nitro groups is 1. The average Bonchev–Trinajstić information content (AvgIpc) is 2.26. The molecule has 0 aliphatic carbocycles. The lowest BCUT2D eigenvalue weighted by Gasteiger charge is -2.24. The number of nitrogens with one attached hydrogen (secondary N) is 1. The van der Waals surface area contributed by atoms with E-state index in [9.17, 15) is 18.5 Å². The van der Waals surface area contributed by atoms with Crippen LogP contribution in [0.1, 0.15) is 13.8 Å². The van der Waals surface area contributed by atoms with E-state index in [0.29, 0.717) is 4.47 Å². The maximum absolute atomic E-state index is 12.3. The summed E-state index contributed by atoms with van der Waals surface area (Å²) in [6.07, 6.45) is 0. The van der Waals surface area contributed by atoms with Crippen LogP contribution in [0.4, 0.5) is 5.69 Å². The van der Waals surface area contributed by atoms with Gasteiger partial charge in [0.25, 0.3) is 5.69 Å². The summed E-state index contributed by atoms with van der Waals surface area (Å²) >= 11 is 3.11. The number of halogens is 1. The molecule has 0 unspecified atom stereocenters. The van der Waals surface area contributed by atoms with Crippen LogP contribution in [0.5, 0.6) is 0 Å². The maximum Gasteiger partial charge on any atom is 0.289 e. The van der Waals surface area contributed by atoms with Crippen molar-refractivity contribution in [3.63, 3.8) is 0 Å². The minimum Gasteiger partial charge on any atom is -0.383 e. The van der Waals surface area contributed by atoms with Crippen molar-refractivity contribution in [3.05, 3.63) is 32.8 Å². The summed E-state index contributed by atoms with van der Waals surface area (Å²) in [5.74, 6) is 0. The van der Waals surface area contributed by atoms with Crippen LogP contribution in [-0.4, -0.2) is 32.6 Å². The fourth-order valence-corrected chi connectivity index (χ4v) is 3.77. The Morgan fingerprint density at radius 3 is 2.55 bits per heavy atom. The number of rotatable bonds is 6. The Kier molecular flexibility index (Phi) is 5.25. The number of ether oxygens (including phenoxy) is 1. The van der Waals surface area contributed by atoms with Crippen LogP contribution in [-0.2, 0) is 14.8 Å². The first kappa shape index (κ1) is 17.0. The summed E-state index contributed by atoms with van der Waals surface area (Å²) in [4.78, 5) is 9.82. The van der Waals surface area contributed by atoms with E-state index in [-0.39, 0.29) is 11.5 Å². The predicted molar refractivity (Wildman–Crippen MR) is 77.1 cm³/mol. The van der Waals surface area contributed by atoms with Crippen molar-refractivity contribution < 1.29 is 18.1 Å². The molecule has 0 saturated carbocycles. The molecule has 0 radical (unpaired) electrons. The van der Waals surface area contributed by atoms with Gasteiger partial charge in [-0.05, 0) is 26.0 Å². The van der Waals surface area contributed by atoms with Crippen LogP contribution in [0.15, 0.2) is 27.6 Å². The molecule has 1 rings (SSSR count). The SMILES string of the molecule is COCC(C)(C)NS(=O)(=O)c1cc(Br)ccc1[N+](=O)[O-]. The van der Waals surface area contributed by atoms with Gasteiger partial charge in [0.05, 0.1) is 17.1 Å². The molecule has 0 aromatic heterocycles. The molecule has 0 aliphatic rings. The molecule has 1 N–H and O–H groups in total. The van der Waals surface area contributed by atoms with E-state index in [1.54, 1.807) is 13.8 Å². The zero-order chi connectivity index (χ0) is 15.6. The van der Waals surface area contributed by atoms with E-state index in [0.717, 1.165) is 6.07 Å². The minimum atomic E-state index is -4.04. The van der Waals surface area contributed by atoms with Crippen LogP contribution < -0.4 is 4.72 Å². The zero-order valence-electron chi connectivity index (χ0n) is 11.2. The van der Waals surface area contributed by atoms with Gasteiger partial charge in [0.15, 0.2) is 4.90 Å². The second kappa shape index (κ2) is 6.17. The zero-order valence-corrected chi connectivity index (χ0v) is 13.6. The fraction of sp³-hybridized carbons (Fsp3) is 0.455. The third-order valence-electron chi connectivity index (χ3n) is 2.32. The minimum absolute atomic E-state index is 0.133. The predicted octanol–water partition coefficient (Wildman–Crippen LogP) is 2.06. The first-order chi connectivity index (χ1) is 9.09. The van der Waals surface area contributed by atoms with Crippen molar-refractivity contribution in [3.8, 4) is 0 Å². The van der Waals surface area contributed by atoms with Gasteiger partial charge in [-0.15, -0.1) is 0 Å². The number of hydrogen-bond donors (Lipinski definition) is 1. The topological polar surface area (TPSA) is 98.5 Å². The molecule has 9 heteroatoms. The van der Waals surface area contributed by atoms with Crippen LogP contribution in [0.2, 0.25) is 0 Å². The van der Waals surface area contributed by atoms with Gasteiger partial charge >= 0.3 is 0 Å². The fourth-order valence-electron chi connectivity index (χ4n) is 1.66. The molecule has 0 fully saturated rings. The Morgan fingerprint density at radius 1 is 1.45 bits per heavy atom. The smallest absolute Gasteiger partial charge is 0.289 e. The second-order valence-corrected chi connectivity index (χ2v) is 7.36. The molecule has 0 atom stereocenters. The van der Waals surface area contributed by atoms with Gasteiger partial charge < -0.3 is 4.74 Å². The summed E-state index contributed by atoms with van der Waals surface area (Å²) in [5.41, 5.74) is -1.36. The summed E-state index contributed by atoms with van der Waals surface area (Å²) in [6, 6.07) is 3.75. The Labute approximate surface area is 125 Å². The molecular weight excluding hydrogens is 352 g/mol. The summed E-state index contributed by atoms with van der Waals surface area (Å²) < 4.78 is 32.4. The average molecular weight is 367 g/mol. The highest BCUT2D eigenvalue weighted by molar-refractivity contribution is 9.10. The van der Waals surface area contributed by atoms with Crippen molar-refractivity contribution in [2.24, 2.45) is 0 Å². The van der Waals surface area contributed by atoms with Gasteiger partial charge in [-0.1, -0.05) is 15.9 Å². The summed E-state index contributed by atoms with van der Waals surface area (Å²) in [6.45, 7) is 3.38. The monoisotopic (exact) mass is 366 g/mol. The molecule has 0 bridgehead atoms. The number of sulfonamides is 1. The van der Waals surface area contributed by atoms with E-state index in [1.165, 1.54) is 19.2 Å². The van der Waals surface area contributed by atoms with Gasteiger partial charge in [-0.3, -0.25) is 10.1 Å². The molecule has 20 heavy (non-hydrogen) atoms. The third kappa shape index (κ3) is 4.23. The van der Waals surface area contributed by atoms with Crippen LogP contribution >= 0.6 is 15.9 Å². The molecule has 1 aromatic rings. The van der Waals surface area contributed by atoms with E-state index in [1.807, 2.05) is 0 Å². The molecule has 0 heterocycles. The summed E-state index contributed by atoms with van der Waals surface area (Å²) in [5, 5.41) is 10.9. The Morgan fingerprint density at radius 2 is 2.05 bits per heavy atom. The number of methoxy groups -OCH3 is 1. The summed E-state index contributed by atoms with van der Waals surface area (Å²) in [7, 11) is -2.60. The van der Waals surface area contributed by atoms with E-state index in [4.69, 9.17) is 4.74 Å². The van der Waals surface area contributed by atoms with Gasteiger partial charge in [-0.25, -0.2) is 13.1 Å². The molecule has 1 aromatic carbocycles. The van der Waals surface area contributed by atoms with Crippen LogP contribution in [0.3, 0.4) is 0 Å². The molecular formula is C11H15BrN2O5S. The molecule has 7 nitrogen and oxygen atoms in total. The van der Waals surface area contributed by atoms with Crippen LogP contribution in [0.25, 0.3) is 0 Å². The van der Waals surface area contributed by atoms with Crippen molar-refractivity contribution in [1.29, 1.82) is 0 Å². The lowest BCUT2D eigenvalue weighted by molar-refractivity contribution is -0.387. The molecule has 0 saturated heterocycles. The molecule has 0 aliphatic heterocycles. The quantitative estimate of drug-likeness (QED) is 0.613. The van der Waals surface area contributed by atoms with E-state index < -0.39 is 26.2 Å². The maximum atomic E-state index is 12.3. The van der Waals surface area contributed by atoms with Crippen LogP contribution in [0, 0.1) is 10.1 Å². The standard InChI is InChI=1S/C11H15BrN2O5S/c1-11(2,7-19-3)13-20(17,18)10-6-8(12)4-5-9(10)14(15)16/h4-6,13H,7H2,1-3H3. The first-order valence-electron chi connectivity index (χ1n) is 5.56. The van der Waals surface area contributed by atoms with E-state index in [2.05, 4.69) is 20.7 Å². The Balaban J connectivity index is 3.28. The van der Waals surface area contributed by atoms with E-state index >= 15 is 0 Å². The van der Waals surface area contributed by atoms with Gasteiger partial charge in [-0.2, -0.15) is 0 Å². The third-order valence-corrected chi connectivity index (χ3v) is 4.54. The van der Waals surface area contributed by atoms with Gasteiger partial charge in [0.2, 0.25) is 10.0 Å². The molecule has 112 valence electrons. The van der Waals surface area contributed by atoms with Crippen molar-refractivity contribution >= 4 is 31.6 Å². The lowest BCUT2D eigenvalue weighted by atomic mass is 10.1. The molecule has 0 spiro atoms. The van der Waals surface area contributed by atoms with Gasteiger partial charge in [0.1, 0.15) is 0 Å². The number of nitrogens with zero attached hydrogens (tertiary/aromatic N) is 1. The van der Waals surface area contributed by atoms with Crippen molar-refractivity contribution in [2.75, 3.05) is 13.7 Å². The highest BCUT2D eigenvalue weighted by Crippen LogP contribution is 2.28. The Hall–Kier alpha value is -1.03. The number of hydrogen-bond acceptors (Lipinski definition) is 5.